The molecule has 0 saturated carbocycles. The van der Waals surface area contributed by atoms with E-state index in [-0.39, 0.29) is 11.1 Å². The lowest BCUT2D eigenvalue weighted by Crippen LogP contribution is -2.14. The van der Waals surface area contributed by atoms with Gasteiger partial charge in [0.05, 0.1) is 22.1 Å². The zero-order valence-corrected chi connectivity index (χ0v) is 27.9. The van der Waals surface area contributed by atoms with E-state index >= 15 is 0 Å². The molecule has 0 bridgehead atoms. The third-order valence-electron chi connectivity index (χ3n) is 11.3. The number of benzene rings is 7. The van der Waals surface area contributed by atoms with E-state index in [4.69, 9.17) is 9.97 Å². The summed E-state index contributed by atoms with van der Waals surface area (Å²) in [4.78, 5) is 38.8. The number of rotatable bonds is 6. The van der Waals surface area contributed by atoms with Gasteiger partial charge in [0.1, 0.15) is 11.3 Å². The number of hydrogen-bond acceptors (Lipinski definition) is 4. The number of fused-ring (bicyclic) bond motifs is 10. The van der Waals surface area contributed by atoms with Gasteiger partial charge in [0.25, 0.3) is 11.1 Å². The maximum absolute atomic E-state index is 14.4. The average molecular weight is 649 g/mol. The number of aromatic nitrogens is 4. The van der Waals surface area contributed by atoms with Gasteiger partial charge in [0.15, 0.2) is 0 Å². The number of aryl methyl sites for hydroxylation is 2. The highest BCUT2D eigenvalue weighted by atomic mass is 16.1. The van der Waals surface area contributed by atoms with Crippen LogP contribution in [0.25, 0.3) is 98.0 Å². The topological polar surface area (TPSA) is 68.7 Å². The maximum Gasteiger partial charge on any atom is 0.264 e. The van der Waals surface area contributed by atoms with Gasteiger partial charge < -0.3 is 0 Å². The predicted octanol–water partition coefficient (Wildman–Crippen LogP) is 9.93. The molecule has 7 aromatic carbocycles. The molecule has 0 unspecified atom stereocenters. The molecule has 6 heteroatoms. The average Bonchev–Trinajstić information content (AvgIpc) is 3.72. The van der Waals surface area contributed by atoms with Crippen LogP contribution < -0.4 is 11.1 Å². The molecule has 0 atom stereocenters. The Balaban J connectivity index is 1.25. The first-order valence-corrected chi connectivity index (χ1v) is 17.9. The largest absolute Gasteiger partial charge is 0.268 e. The number of pyridine rings is 2. The second-order valence-corrected chi connectivity index (χ2v) is 14.1. The Labute approximate surface area is 285 Å². The molecule has 6 nitrogen and oxygen atoms in total. The summed E-state index contributed by atoms with van der Waals surface area (Å²) in [6, 6.07) is 29.5. The molecular weight excluding hydrogens is 617 g/mol. The Hall–Kier alpha value is -5.88. The summed E-state index contributed by atoms with van der Waals surface area (Å²) < 4.78 is 3.63. The molecule has 0 aliphatic rings. The summed E-state index contributed by atoms with van der Waals surface area (Å²) in [6.07, 6.45) is 6.44. The summed E-state index contributed by atoms with van der Waals surface area (Å²) in [5.41, 5.74) is 7.20. The number of nitrogens with zero attached hydrogens (tertiary/aromatic N) is 4. The summed E-state index contributed by atoms with van der Waals surface area (Å²) in [6.45, 7) is 4.40. The van der Waals surface area contributed by atoms with Crippen LogP contribution in [0.5, 0.6) is 0 Å². The number of unbranched alkanes of at least 4 members (excludes halogenated alkanes) is 2. The minimum absolute atomic E-state index is 0.0373. The quantitative estimate of drug-likeness (QED) is 0.133. The summed E-state index contributed by atoms with van der Waals surface area (Å²) in [5.74, 6) is 0. The second kappa shape index (κ2) is 9.85. The van der Waals surface area contributed by atoms with Gasteiger partial charge in [-0.2, -0.15) is 0 Å². The van der Waals surface area contributed by atoms with Gasteiger partial charge in [-0.1, -0.05) is 63.1 Å². The molecule has 11 rings (SSSR count). The zero-order chi connectivity index (χ0) is 33.4. The monoisotopic (exact) mass is 648 g/mol. The van der Waals surface area contributed by atoms with E-state index < -0.39 is 0 Å². The van der Waals surface area contributed by atoms with Crippen LogP contribution >= 0.6 is 0 Å². The van der Waals surface area contributed by atoms with Crippen molar-refractivity contribution in [2.75, 3.05) is 0 Å². The molecule has 0 fully saturated rings. The Morgan fingerprint density at radius 3 is 1.22 bits per heavy atom. The smallest absolute Gasteiger partial charge is 0.264 e. The van der Waals surface area contributed by atoms with E-state index in [1.165, 1.54) is 11.1 Å². The second-order valence-electron chi connectivity index (χ2n) is 14.1. The Morgan fingerprint density at radius 1 is 0.460 bits per heavy atom. The molecule has 0 radical (unpaired) electrons. The van der Waals surface area contributed by atoms with Crippen molar-refractivity contribution in [1.29, 1.82) is 0 Å². The van der Waals surface area contributed by atoms with E-state index in [1.807, 2.05) is 20.9 Å². The van der Waals surface area contributed by atoms with Gasteiger partial charge in [0, 0.05) is 32.3 Å². The van der Waals surface area contributed by atoms with Crippen LogP contribution in [0, 0.1) is 0 Å². The van der Waals surface area contributed by atoms with Gasteiger partial charge in [-0.15, -0.1) is 0 Å². The highest BCUT2D eigenvalue weighted by molar-refractivity contribution is 6.40. The molecule has 0 N–H and O–H groups in total. The lowest BCUT2D eigenvalue weighted by molar-refractivity contribution is 0.795. The molecule has 11 aromatic rings. The molecule has 240 valence electrons. The molecule has 0 spiro atoms. The minimum atomic E-state index is -0.0373. The lowest BCUT2D eigenvalue weighted by Gasteiger charge is -2.18. The van der Waals surface area contributed by atoms with Crippen molar-refractivity contribution < 1.29 is 0 Å². The zero-order valence-electron chi connectivity index (χ0n) is 27.9. The molecule has 0 aliphatic heterocycles. The first-order chi connectivity index (χ1) is 24.6. The van der Waals surface area contributed by atoms with E-state index in [9.17, 15) is 9.59 Å². The van der Waals surface area contributed by atoms with Crippen LogP contribution in [0.3, 0.4) is 0 Å². The highest BCUT2D eigenvalue weighted by Crippen LogP contribution is 2.45. The van der Waals surface area contributed by atoms with Gasteiger partial charge in [-0.25, -0.2) is 9.97 Å². The lowest BCUT2D eigenvalue weighted by atomic mass is 9.86. The van der Waals surface area contributed by atoms with E-state index in [2.05, 4.69) is 86.6 Å². The summed E-state index contributed by atoms with van der Waals surface area (Å²) in [7, 11) is 0. The molecular formula is C44H32N4O2. The first kappa shape index (κ1) is 28.0. The fourth-order valence-corrected chi connectivity index (χ4v) is 8.95. The van der Waals surface area contributed by atoms with Crippen molar-refractivity contribution >= 4 is 98.0 Å². The number of hydrogen-bond donors (Lipinski definition) is 0. The standard InChI is InChI=1S/C44H32N4O2/c1-3-5-7-23-9-19-33-35(21-23)47-41(45-33)29-15-11-25-26-12-16-30-40-32(18-14-28(38(26)40)27-13-17-31(43(47)49)39(29)37(25)27)44(50)48-36-22-24(8-6-4-2)10-20-34(36)46-42(30)48/h9-22H,3-8H2,1-2H3. The fourth-order valence-electron chi connectivity index (χ4n) is 8.95. The van der Waals surface area contributed by atoms with Crippen LogP contribution in [-0.4, -0.2) is 18.8 Å². The normalized spacial score (nSPS) is 12.8. The molecule has 0 amide bonds. The van der Waals surface area contributed by atoms with Gasteiger partial charge in [0.2, 0.25) is 0 Å². The SMILES string of the molecule is CCCCc1ccc2nc3c4ccc5c6ccc7c8c(ccc(c9ccc(c(=O)n3c2c1)c4c95)c68)c(=O)n1c2cc(CCCC)ccc2nc71. The van der Waals surface area contributed by atoms with Crippen molar-refractivity contribution in [3.05, 3.63) is 117 Å². The van der Waals surface area contributed by atoms with E-state index in [0.29, 0.717) is 22.1 Å². The third kappa shape index (κ3) is 3.43. The van der Waals surface area contributed by atoms with Gasteiger partial charge in [-0.3, -0.25) is 18.4 Å². The van der Waals surface area contributed by atoms with Crippen molar-refractivity contribution in [3.8, 4) is 0 Å². The van der Waals surface area contributed by atoms with Crippen LogP contribution in [0.1, 0.15) is 50.7 Å². The molecule has 50 heavy (non-hydrogen) atoms. The Morgan fingerprint density at radius 2 is 0.820 bits per heavy atom. The third-order valence-corrected chi connectivity index (χ3v) is 11.3. The Bertz CT molecular complexity index is 3090. The molecule has 0 saturated heterocycles. The van der Waals surface area contributed by atoms with Crippen molar-refractivity contribution in [3.63, 3.8) is 0 Å². The van der Waals surface area contributed by atoms with Crippen molar-refractivity contribution in [1.82, 2.24) is 18.8 Å². The van der Waals surface area contributed by atoms with Crippen LogP contribution in [0.4, 0.5) is 0 Å². The van der Waals surface area contributed by atoms with Crippen molar-refractivity contribution in [2.24, 2.45) is 0 Å². The fraction of sp³-hybridized carbons (Fsp3) is 0.182. The molecule has 0 aliphatic carbocycles. The van der Waals surface area contributed by atoms with Crippen molar-refractivity contribution in [2.45, 2.75) is 52.4 Å². The van der Waals surface area contributed by atoms with E-state index in [1.54, 1.807) is 0 Å². The Kier molecular flexibility index (Phi) is 5.52. The van der Waals surface area contributed by atoms with Crippen LogP contribution in [-0.2, 0) is 12.8 Å². The summed E-state index contributed by atoms with van der Waals surface area (Å²) >= 11 is 0. The van der Waals surface area contributed by atoms with Gasteiger partial charge in [-0.05, 0) is 118 Å². The maximum atomic E-state index is 14.4. The minimum Gasteiger partial charge on any atom is -0.268 e. The molecule has 4 aromatic heterocycles. The molecule has 4 heterocycles. The van der Waals surface area contributed by atoms with Crippen LogP contribution in [0.15, 0.2) is 94.5 Å². The number of imidazole rings is 2. The predicted molar refractivity (Wildman–Crippen MR) is 207 cm³/mol. The van der Waals surface area contributed by atoms with Gasteiger partial charge >= 0.3 is 0 Å². The highest BCUT2D eigenvalue weighted by Gasteiger charge is 2.24. The van der Waals surface area contributed by atoms with E-state index in [0.717, 1.165) is 114 Å². The van der Waals surface area contributed by atoms with Crippen LogP contribution in [0.2, 0.25) is 0 Å². The first-order valence-electron chi connectivity index (χ1n) is 17.9. The summed E-state index contributed by atoms with van der Waals surface area (Å²) in [5, 5.41) is 11.7.